The molecule has 0 saturated heterocycles. The summed E-state index contributed by atoms with van der Waals surface area (Å²) in [7, 11) is 5.60. The highest BCUT2D eigenvalue weighted by Crippen LogP contribution is 2.32. The van der Waals surface area contributed by atoms with Gasteiger partial charge >= 0.3 is 5.97 Å². The van der Waals surface area contributed by atoms with Crippen molar-refractivity contribution in [3.05, 3.63) is 53.6 Å². The number of fused-ring (bicyclic) bond motifs is 1. The van der Waals surface area contributed by atoms with Crippen molar-refractivity contribution in [1.29, 1.82) is 0 Å². The highest BCUT2D eigenvalue weighted by atomic mass is 32.2. The molecule has 0 atom stereocenters. The maximum Gasteiger partial charge on any atom is 0.338 e. The van der Waals surface area contributed by atoms with E-state index in [0.29, 0.717) is 23.5 Å². The fourth-order valence-corrected chi connectivity index (χ4v) is 3.58. The number of benzene rings is 2. The highest BCUT2D eigenvalue weighted by Gasteiger charge is 2.19. The Bertz CT molecular complexity index is 928. The van der Waals surface area contributed by atoms with E-state index >= 15 is 0 Å². The third-order valence-corrected chi connectivity index (χ3v) is 5.55. The number of hydrogen-bond acceptors (Lipinski definition) is 6. The van der Waals surface area contributed by atoms with Crippen LogP contribution < -0.4 is 10.2 Å². The summed E-state index contributed by atoms with van der Waals surface area (Å²) < 4.78 is 5.16. The van der Waals surface area contributed by atoms with E-state index in [4.69, 9.17) is 4.74 Å². The summed E-state index contributed by atoms with van der Waals surface area (Å²) in [5.74, 6) is -0.648. The molecule has 1 aliphatic heterocycles. The Labute approximate surface area is 174 Å². The van der Waals surface area contributed by atoms with Gasteiger partial charge in [0.15, 0.2) is 6.61 Å². The molecule has 0 fully saturated rings. The van der Waals surface area contributed by atoms with Gasteiger partial charge in [-0.2, -0.15) is 0 Å². The Balaban J connectivity index is 1.53. The van der Waals surface area contributed by atoms with Crippen LogP contribution in [0, 0.1) is 0 Å². The molecule has 2 amide bonds. The van der Waals surface area contributed by atoms with Crippen molar-refractivity contribution in [2.45, 2.75) is 11.4 Å². The summed E-state index contributed by atoms with van der Waals surface area (Å²) in [6.45, 7) is 0.0789. The molecule has 0 radical (unpaired) electrons. The molecule has 29 heavy (non-hydrogen) atoms. The summed E-state index contributed by atoms with van der Waals surface area (Å²) in [5, 5.41) is 2.73. The third-order valence-electron chi connectivity index (χ3n) is 4.47. The number of hydrogen-bond donors (Lipinski definition) is 1. The van der Waals surface area contributed by atoms with E-state index < -0.39 is 5.97 Å². The second-order valence-electron chi connectivity index (χ2n) is 6.93. The first-order valence-corrected chi connectivity index (χ1v) is 10.1. The van der Waals surface area contributed by atoms with E-state index in [1.807, 2.05) is 43.3 Å². The molecular weight excluding hydrogens is 390 g/mol. The van der Waals surface area contributed by atoms with Crippen LogP contribution in [-0.2, 0) is 20.9 Å². The molecule has 0 bridgehead atoms. The van der Waals surface area contributed by atoms with Crippen molar-refractivity contribution >= 4 is 40.9 Å². The lowest BCUT2D eigenvalue weighted by Crippen LogP contribution is -2.30. The minimum Gasteiger partial charge on any atom is -0.452 e. The van der Waals surface area contributed by atoms with Crippen LogP contribution in [0.5, 0.6) is 0 Å². The molecule has 1 heterocycles. The number of thioether (sulfide) groups is 1. The molecule has 0 aliphatic carbocycles. The number of ether oxygens (including phenoxy) is 1. The maximum absolute atomic E-state index is 12.3. The first kappa shape index (κ1) is 20.7. The van der Waals surface area contributed by atoms with Gasteiger partial charge in [-0.1, -0.05) is 12.1 Å². The first-order chi connectivity index (χ1) is 13.8. The fourth-order valence-electron chi connectivity index (χ4n) is 2.79. The second-order valence-corrected chi connectivity index (χ2v) is 7.95. The van der Waals surface area contributed by atoms with Crippen molar-refractivity contribution in [3.8, 4) is 0 Å². The van der Waals surface area contributed by atoms with Gasteiger partial charge in [0.2, 0.25) is 5.91 Å². The average molecular weight is 413 g/mol. The number of rotatable bonds is 6. The Morgan fingerprint density at radius 1 is 1.10 bits per heavy atom. The standard InChI is InChI=1S/C21H23N3O4S/c1-23(2)16-7-4-14(5-8-16)11-24(3)20(26)12-28-21(27)15-6-9-18-17(10-15)22-19(25)13-29-18/h4-10H,11-13H2,1-3H3,(H,22,25). The Morgan fingerprint density at radius 2 is 1.83 bits per heavy atom. The summed E-state index contributed by atoms with van der Waals surface area (Å²) in [6.07, 6.45) is 0. The van der Waals surface area contributed by atoms with Gasteiger partial charge in [0.05, 0.1) is 17.0 Å². The molecule has 7 nitrogen and oxygen atoms in total. The van der Waals surface area contributed by atoms with Crippen LogP contribution in [-0.4, -0.2) is 56.2 Å². The molecular formula is C21H23N3O4S. The van der Waals surface area contributed by atoms with Crippen LogP contribution in [0.1, 0.15) is 15.9 Å². The maximum atomic E-state index is 12.3. The van der Waals surface area contributed by atoms with Crippen molar-refractivity contribution in [1.82, 2.24) is 4.90 Å². The Kier molecular flexibility index (Phi) is 6.43. The third kappa shape index (κ3) is 5.29. The van der Waals surface area contributed by atoms with Gasteiger partial charge in [0, 0.05) is 38.3 Å². The van der Waals surface area contributed by atoms with Crippen molar-refractivity contribution < 1.29 is 19.1 Å². The topological polar surface area (TPSA) is 79.0 Å². The number of carbonyl (C=O) groups is 3. The van der Waals surface area contributed by atoms with Gasteiger partial charge in [0.1, 0.15) is 0 Å². The molecule has 2 aromatic carbocycles. The lowest BCUT2D eigenvalue weighted by atomic mass is 10.2. The number of anilines is 2. The quantitative estimate of drug-likeness (QED) is 0.734. The van der Waals surface area contributed by atoms with Crippen LogP contribution in [0.4, 0.5) is 11.4 Å². The predicted octanol–water partition coefficient (Wildman–Crippen LogP) is 2.61. The van der Waals surface area contributed by atoms with Crippen molar-refractivity contribution in [2.24, 2.45) is 0 Å². The Morgan fingerprint density at radius 3 is 2.52 bits per heavy atom. The van der Waals surface area contributed by atoms with E-state index in [1.165, 1.54) is 16.7 Å². The molecule has 1 aliphatic rings. The van der Waals surface area contributed by atoms with E-state index in [2.05, 4.69) is 5.32 Å². The van der Waals surface area contributed by atoms with Crippen molar-refractivity contribution in [3.63, 3.8) is 0 Å². The largest absolute Gasteiger partial charge is 0.452 e. The fraction of sp³-hybridized carbons (Fsp3) is 0.286. The lowest BCUT2D eigenvalue weighted by molar-refractivity contribution is -0.133. The molecule has 1 N–H and O–H groups in total. The number of esters is 1. The lowest BCUT2D eigenvalue weighted by Gasteiger charge is -2.19. The first-order valence-electron chi connectivity index (χ1n) is 9.07. The summed E-state index contributed by atoms with van der Waals surface area (Å²) in [6, 6.07) is 12.9. The second kappa shape index (κ2) is 9.00. The smallest absolute Gasteiger partial charge is 0.338 e. The SMILES string of the molecule is CN(Cc1ccc(N(C)C)cc1)C(=O)COC(=O)c1ccc2c(c1)NC(=O)CS2. The molecule has 0 aromatic heterocycles. The summed E-state index contributed by atoms with van der Waals surface area (Å²) in [5.41, 5.74) is 2.95. The van der Waals surface area contributed by atoms with Crippen LogP contribution in [0.25, 0.3) is 0 Å². The van der Waals surface area contributed by atoms with Crippen LogP contribution in [0.15, 0.2) is 47.4 Å². The van der Waals surface area contributed by atoms with Gasteiger partial charge in [-0.25, -0.2) is 4.79 Å². The molecule has 0 unspecified atom stereocenters. The van der Waals surface area contributed by atoms with Gasteiger partial charge in [0.25, 0.3) is 5.91 Å². The minimum atomic E-state index is -0.602. The highest BCUT2D eigenvalue weighted by molar-refractivity contribution is 8.00. The number of amides is 2. The normalized spacial score (nSPS) is 12.6. The molecule has 0 saturated carbocycles. The predicted molar refractivity (Wildman–Crippen MR) is 113 cm³/mol. The Hall–Kier alpha value is -3.00. The summed E-state index contributed by atoms with van der Waals surface area (Å²) >= 11 is 1.42. The van der Waals surface area contributed by atoms with Gasteiger partial charge < -0.3 is 19.9 Å². The number of nitrogens with zero attached hydrogens (tertiary/aromatic N) is 2. The van der Waals surface area contributed by atoms with Crippen LogP contribution in [0.2, 0.25) is 0 Å². The van der Waals surface area contributed by atoms with E-state index in [0.717, 1.165) is 16.1 Å². The van der Waals surface area contributed by atoms with Gasteiger partial charge in [-0.3, -0.25) is 9.59 Å². The minimum absolute atomic E-state index is 0.108. The van der Waals surface area contributed by atoms with E-state index in [1.54, 1.807) is 25.2 Å². The molecule has 3 rings (SSSR count). The number of nitrogens with one attached hydrogen (secondary N) is 1. The van der Waals surface area contributed by atoms with Gasteiger partial charge in [-0.05, 0) is 35.9 Å². The zero-order chi connectivity index (χ0) is 21.0. The average Bonchev–Trinajstić information content (AvgIpc) is 2.71. The molecule has 2 aromatic rings. The molecule has 0 spiro atoms. The van der Waals surface area contributed by atoms with E-state index in [9.17, 15) is 14.4 Å². The van der Waals surface area contributed by atoms with Gasteiger partial charge in [-0.15, -0.1) is 11.8 Å². The molecule has 8 heteroatoms. The number of carbonyl (C=O) groups excluding carboxylic acids is 3. The zero-order valence-electron chi connectivity index (χ0n) is 16.6. The number of likely N-dealkylation sites (N-methyl/N-ethyl adjacent to an activating group) is 1. The van der Waals surface area contributed by atoms with Crippen molar-refractivity contribution in [2.75, 3.05) is 43.7 Å². The zero-order valence-corrected chi connectivity index (χ0v) is 17.4. The monoisotopic (exact) mass is 413 g/mol. The van der Waals surface area contributed by atoms with Crippen LogP contribution in [0.3, 0.4) is 0 Å². The van der Waals surface area contributed by atoms with Crippen LogP contribution >= 0.6 is 11.8 Å². The molecule has 152 valence electrons. The van der Waals surface area contributed by atoms with E-state index in [-0.39, 0.29) is 18.4 Å². The summed E-state index contributed by atoms with van der Waals surface area (Å²) in [4.78, 5) is 40.5.